The van der Waals surface area contributed by atoms with E-state index in [0.717, 1.165) is 17.7 Å². The van der Waals surface area contributed by atoms with E-state index < -0.39 is 0 Å². The molecule has 0 bridgehead atoms. The minimum Gasteiger partial charge on any atom is -0.490 e. The molecule has 0 radical (unpaired) electrons. The van der Waals surface area contributed by atoms with Crippen LogP contribution in [0.3, 0.4) is 0 Å². The molecule has 1 N–H and O–H groups in total. The third kappa shape index (κ3) is 4.66. The van der Waals surface area contributed by atoms with E-state index in [1.54, 1.807) is 0 Å². The van der Waals surface area contributed by atoms with Crippen molar-refractivity contribution in [3.05, 3.63) is 23.8 Å². The van der Waals surface area contributed by atoms with E-state index in [9.17, 15) is 9.59 Å². The molecule has 1 heterocycles. The lowest BCUT2D eigenvalue weighted by Crippen LogP contribution is -2.23. The highest BCUT2D eigenvalue weighted by molar-refractivity contribution is 5.81. The maximum Gasteiger partial charge on any atom is 0.306 e. The Morgan fingerprint density at radius 2 is 1.95 bits per heavy atom. The van der Waals surface area contributed by atoms with Gasteiger partial charge in [-0.05, 0) is 17.7 Å². The summed E-state index contributed by atoms with van der Waals surface area (Å²) >= 11 is 0. The van der Waals surface area contributed by atoms with E-state index in [2.05, 4.69) is 10.1 Å². The SMILES string of the molecule is COC(=O)CCC(=O)NCc1ccc2c(c1)OCCCO2. The molecule has 0 fully saturated rings. The second-order valence-corrected chi connectivity index (χ2v) is 4.68. The fourth-order valence-corrected chi connectivity index (χ4v) is 1.92. The van der Waals surface area contributed by atoms with E-state index >= 15 is 0 Å². The van der Waals surface area contributed by atoms with Crippen LogP contribution in [-0.2, 0) is 20.9 Å². The van der Waals surface area contributed by atoms with Crippen LogP contribution in [0.2, 0.25) is 0 Å². The zero-order chi connectivity index (χ0) is 15.1. The quantitative estimate of drug-likeness (QED) is 0.831. The van der Waals surface area contributed by atoms with Crippen LogP contribution in [0.4, 0.5) is 0 Å². The lowest BCUT2D eigenvalue weighted by atomic mass is 10.2. The van der Waals surface area contributed by atoms with Crippen molar-refractivity contribution in [3.63, 3.8) is 0 Å². The largest absolute Gasteiger partial charge is 0.490 e. The highest BCUT2D eigenvalue weighted by atomic mass is 16.5. The summed E-state index contributed by atoms with van der Waals surface area (Å²) < 4.78 is 15.6. The summed E-state index contributed by atoms with van der Waals surface area (Å²) in [6.45, 7) is 1.66. The van der Waals surface area contributed by atoms with Crippen molar-refractivity contribution in [2.45, 2.75) is 25.8 Å². The van der Waals surface area contributed by atoms with Gasteiger partial charge in [0.05, 0.1) is 26.7 Å². The topological polar surface area (TPSA) is 73.9 Å². The van der Waals surface area contributed by atoms with Crippen LogP contribution in [0, 0.1) is 0 Å². The number of hydrogen-bond donors (Lipinski definition) is 1. The van der Waals surface area contributed by atoms with Crippen LogP contribution in [0.5, 0.6) is 11.5 Å². The third-order valence-corrected chi connectivity index (χ3v) is 3.09. The van der Waals surface area contributed by atoms with E-state index in [4.69, 9.17) is 9.47 Å². The number of carbonyl (C=O) groups excluding carboxylic acids is 2. The molecule has 114 valence electrons. The molecule has 1 aliphatic rings. The number of fused-ring (bicyclic) bond motifs is 1. The second kappa shape index (κ2) is 7.52. The van der Waals surface area contributed by atoms with Gasteiger partial charge in [-0.25, -0.2) is 0 Å². The van der Waals surface area contributed by atoms with Crippen LogP contribution in [0.25, 0.3) is 0 Å². The first-order valence-corrected chi connectivity index (χ1v) is 6.91. The lowest BCUT2D eigenvalue weighted by molar-refractivity contribution is -0.142. The molecule has 6 heteroatoms. The number of hydrogen-bond acceptors (Lipinski definition) is 5. The zero-order valence-corrected chi connectivity index (χ0v) is 12.0. The summed E-state index contributed by atoms with van der Waals surface area (Å²) in [5, 5.41) is 2.76. The molecule has 0 aromatic heterocycles. The molecule has 0 saturated heterocycles. The van der Waals surface area contributed by atoms with Crippen molar-refractivity contribution in [1.82, 2.24) is 5.32 Å². The Kier molecular flexibility index (Phi) is 5.43. The fourth-order valence-electron chi connectivity index (χ4n) is 1.92. The van der Waals surface area contributed by atoms with Gasteiger partial charge in [0.1, 0.15) is 0 Å². The van der Waals surface area contributed by atoms with E-state index in [-0.39, 0.29) is 24.7 Å². The molecule has 0 unspecified atom stereocenters. The van der Waals surface area contributed by atoms with Crippen molar-refractivity contribution in [2.75, 3.05) is 20.3 Å². The Morgan fingerprint density at radius 3 is 2.71 bits per heavy atom. The summed E-state index contributed by atoms with van der Waals surface area (Å²) in [7, 11) is 1.30. The Hall–Kier alpha value is -2.24. The number of amides is 1. The third-order valence-electron chi connectivity index (χ3n) is 3.09. The minimum atomic E-state index is -0.388. The van der Waals surface area contributed by atoms with Crippen molar-refractivity contribution in [2.24, 2.45) is 0 Å². The van der Waals surface area contributed by atoms with Gasteiger partial charge in [-0.3, -0.25) is 9.59 Å². The maximum atomic E-state index is 11.6. The average Bonchev–Trinajstić information content (AvgIpc) is 2.75. The lowest BCUT2D eigenvalue weighted by Gasteiger charge is -2.10. The van der Waals surface area contributed by atoms with Crippen LogP contribution >= 0.6 is 0 Å². The zero-order valence-electron chi connectivity index (χ0n) is 12.0. The Morgan fingerprint density at radius 1 is 1.19 bits per heavy atom. The maximum absolute atomic E-state index is 11.6. The van der Waals surface area contributed by atoms with E-state index in [1.807, 2.05) is 18.2 Å². The van der Waals surface area contributed by atoms with Crippen molar-refractivity contribution < 1.29 is 23.8 Å². The monoisotopic (exact) mass is 293 g/mol. The molecular formula is C15H19NO5. The minimum absolute atomic E-state index is 0.0868. The predicted molar refractivity (Wildman–Crippen MR) is 75.1 cm³/mol. The van der Waals surface area contributed by atoms with Crippen molar-refractivity contribution >= 4 is 11.9 Å². The van der Waals surface area contributed by atoms with Gasteiger partial charge in [-0.2, -0.15) is 0 Å². The molecule has 0 saturated carbocycles. The van der Waals surface area contributed by atoms with E-state index in [1.165, 1.54) is 7.11 Å². The van der Waals surface area contributed by atoms with Gasteiger partial charge in [0, 0.05) is 19.4 Å². The van der Waals surface area contributed by atoms with Crippen LogP contribution < -0.4 is 14.8 Å². The molecule has 1 aromatic carbocycles. The number of nitrogens with one attached hydrogen (secondary N) is 1. The number of methoxy groups -OCH3 is 1. The Bertz CT molecular complexity index is 515. The number of rotatable bonds is 5. The van der Waals surface area contributed by atoms with Crippen LogP contribution in [0.15, 0.2) is 18.2 Å². The first kappa shape index (κ1) is 15.2. The average molecular weight is 293 g/mol. The normalized spacial score (nSPS) is 13.2. The first-order chi connectivity index (χ1) is 10.2. The molecule has 1 aromatic rings. The van der Waals surface area contributed by atoms with Gasteiger partial charge in [-0.15, -0.1) is 0 Å². The van der Waals surface area contributed by atoms with Gasteiger partial charge in [0.15, 0.2) is 11.5 Å². The molecule has 1 amide bonds. The molecule has 6 nitrogen and oxygen atoms in total. The van der Waals surface area contributed by atoms with Gasteiger partial charge in [0.25, 0.3) is 0 Å². The molecular weight excluding hydrogens is 274 g/mol. The molecule has 0 atom stereocenters. The Balaban J connectivity index is 1.84. The Labute approximate surface area is 123 Å². The summed E-state index contributed by atoms with van der Waals surface area (Å²) in [4.78, 5) is 22.6. The predicted octanol–water partition coefficient (Wildman–Crippen LogP) is 1.42. The fraction of sp³-hybridized carbons (Fsp3) is 0.467. The smallest absolute Gasteiger partial charge is 0.306 e. The number of benzene rings is 1. The summed E-state index contributed by atoms with van der Waals surface area (Å²) in [5.74, 6) is 0.857. The van der Waals surface area contributed by atoms with Gasteiger partial charge in [0.2, 0.25) is 5.91 Å². The van der Waals surface area contributed by atoms with Crippen LogP contribution in [0.1, 0.15) is 24.8 Å². The number of esters is 1. The van der Waals surface area contributed by atoms with Crippen molar-refractivity contribution in [1.29, 1.82) is 0 Å². The van der Waals surface area contributed by atoms with Gasteiger partial charge < -0.3 is 19.5 Å². The molecule has 1 aliphatic heterocycles. The van der Waals surface area contributed by atoms with Crippen molar-refractivity contribution in [3.8, 4) is 11.5 Å². The highest BCUT2D eigenvalue weighted by Crippen LogP contribution is 2.30. The molecule has 2 rings (SSSR count). The number of ether oxygens (including phenoxy) is 3. The summed E-state index contributed by atoms with van der Waals surface area (Å²) in [6.07, 6.45) is 1.06. The van der Waals surface area contributed by atoms with E-state index in [0.29, 0.717) is 25.5 Å². The first-order valence-electron chi connectivity index (χ1n) is 6.91. The highest BCUT2D eigenvalue weighted by Gasteiger charge is 2.11. The van der Waals surface area contributed by atoms with Gasteiger partial charge in [-0.1, -0.05) is 6.07 Å². The van der Waals surface area contributed by atoms with Gasteiger partial charge >= 0.3 is 5.97 Å². The molecule has 0 aliphatic carbocycles. The van der Waals surface area contributed by atoms with Crippen LogP contribution in [-0.4, -0.2) is 32.2 Å². The summed E-state index contributed by atoms with van der Waals surface area (Å²) in [5.41, 5.74) is 0.922. The standard InChI is InChI=1S/C15H19NO5/c1-19-15(18)6-5-14(17)16-10-11-3-4-12-13(9-11)21-8-2-7-20-12/h3-4,9H,2,5-8,10H2,1H3,(H,16,17). The summed E-state index contributed by atoms with van der Waals surface area (Å²) in [6, 6.07) is 5.59. The molecule has 21 heavy (non-hydrogen) atoms. The molecule has 0 spiro atoms. The second-order valence-electron chi connectivity index (χ2n) is 4.68. The number of carbonyl (C=O) groups is 2.